The number of aryl methyl sites for hydroxylation is 1. The standard InChI is InChI=1S/C14H14N2O2S/c1-8-3-6-12(18-2)10(7-8)11-5-4-9(13(15)19)14(17)16-11/h3-7H,1-2H3,(H2,15,19)(H,16,17). The summed E-state index contributed by atoms with van der Waals surface area (Å²) in [5.74, 6) is 0.698. The van der Waals surface area contributed by atoms with Crippen molar-refractivity contribution in [3.8, 4) is 17.0 Å². The highest BCUT2D eigenvalue weighted by Gasteiger charge is 2.09. The maximum Gasteiger partial charge on any atom is 0.258 e. The molecule has 2 rings (SSSR count). The van der Waals surface area contributed by atoms with Gasteiger partial charge in [-0.15, -0.1) is 0 Å². The number of rotatable bonds is 3. The number of aromatic nitrogens is 1. The molecule has 0 saturated carbocycles. The van der Waals surface area contributed by atoms with E-state index < -0.39 is 0 Å². The first-order chi connectivity index (χ1) is 9.02. The molecule has 0 aliphatic heterocycles. The van der Waals surface area contributed by atoms with E-state index in [1.54, 1.807) is 19.2 Å². The summed E-state index contributed by atoms with van der Waals surface area (Å²) >= 11 is 4.81. The average Bonchev–Trinajstić information content (AvgIpc) is 2.38. The van der Waals surface area contributed by atoms with E-state index >= 15 is 0 Å². The van der Waals surface area contributed by atoms with Crippen molar-refractivity contribution in [3.63, 3.8) is 0 Å². The van der Waals surface area contributed by atoms with Gasteiger partial charge in [-0.3, -0.25) is 4.79 Å². The number of nitrogens with one attached hydrogen (secondary N) is 1. The lowest BCUT2D eigenvalue weighted by Crippen LogP contribution is -2.22. The molecule has 19 heavy (non-hydrogen) atoms. The van der Waals surface area contributed by atoms with Gasteiger partial charge in [0.25, 0.3) is 5.56 Å². The second kappa shape index (κ2) is 5.24. The second-order valence-corrected chi connectivity index (χ2v) is 4.62. The van der Waals surface area contributed by atoms with Crippen molar-refractivity contribution in [2.45, 2.75) is 6.92 Å². The largest absolute Gasteiger partial charge is 0.496 e. The molecule has 4 nitrogen and oxygen atoms in total. The third kappa shape index (κ3) is 2.66. The second-order valence-electron chi connectivity index (χ2n) is 4.18. The Morgan fingerprint density at radius 3 is 2.63 bits per heavy atom. The zero-order valence-corrected chi connectivity index (χ0v) is 11.5. The summed E-state index contributed by atoms with van der Waals surface area (Å²) in [5.41, 5.74) is 8.06. The number of aromatic amines is 1. The topological polar surface area (TPSA) is 68.1 Å². The first-order valence-corrected chi connectivity index (χ1v) is 6.12. The van der Waals surface area contributed by atoms with Gasteiger partial charge in [-0.25, -0.2) is 0 Å². The van der Waals surface area contributed by atoms with E-state index in [4.69, 9.17) is 22.7 Å². The third-order valence-electron chi connectivity index (χ3n) is 2.82. The van der Waals surface area contributed by atoms with Gasteiger partial charge < -0.3 is 15.5 Å². The minimum atomic E-state index is -0.298. The summed E-state index contributed by atoms with van der Waals surface area (Å²) in [4.78, 5) is 14.7. The predicted molar refractivity (Wildman–Crippen MR) is 79.7 cm³/mol. The Morgan fingerprint density at radius 1 is 1.32 bits per heavy atom. The zero-order valence-electron chi connectivity index (χ0n) is 10.7. The smallest absolute Gasteiger partial charge is 0.258 e. The normalized spacial score (nSPS) is 10.2. The molecule has 0 bridgehead atoms. The number of ether oxygens (including phenoxy) is 1. The summed E-state index contributed by atoms with van der Waals surface area (Å²) in [7, 11) is 1.59. The number of nitrogens with two attached hydrogens (primary N) is 1. The van der Waals surface area contributed by atoms with Crippen LogP contribution in [-0.4, -0.2) is 17.1 Å². The van der Waals surface area contributed by atoms with Gasteiger partial charge in [-0.05, 0) is 31.2 Å². The molecule has 0 fully saturated rings. The van der Waals surface area contributed by atoms with Crippen molar-refractivity contribution in [1.29, 1.82) is 0 Å². The molecule has 98 valence electrons. The van der Waals surface area contributed by atoms with Crippen LogP contribution in [0, 0.1) is 6.92 Å². The number of thiocarbonyl (C=S) groups is 1. The highest BCUT2D eigenvalue weighted by atomic mass is 32.1. The lowest BCUT2D eigenvalue weighted by Gasteiger charge is -2.10. The molecule has 1 aromatic carbocycles. The highest BCUT2D eigenvalue weighted by Crippen LogP contribution is 2.28. The number of H-pyrrole nitrogens is 1. The maximum absolute atomic E-state index is 11.9. The first kappa shape index (κ1) is 13.3. The summed E-state index contributed by atoms with van der Waals surface area (Å²) in [6.07, 6.45) is 0. The van der Waals surface area contributed by atoms with Gasteiger partial charge in [0.2, 0.25) is 0 Å². The number of hydrogen-bond acceptors (Lipinski definition) is 3. The van der Waals surface area contributed by atoms with Crippen LogP contribution >= 0.6 is 12.2 Å². The lowest BCUT2D eigenvalue weighted by atomic mass is 10.1. The summed E-state index contributed by atoms with van der Waals surface area (Å²) in [6.45, 7) is 1.98. The van der Waals surface area contributed by atoms with Crippen LogP contribution in [0.5, 0.6) is 5.75 Å². The molecule has 0 aliphatic carbocycles. The third-order valence-corrected chi connectivity index (χ3v) is 3.04. The molecule has 3 N–H and O–H groups in total. The van der Waals surface area contributed by atoms with Crippen LogP contribution in [0.15, 0.2) is 35.1 Å². The molecule has 2 aromatic rings. The van der Waals surface area contributed by atoms with Gasteiger partial charge >= 0.3 is 0 Å². The Hall–Kier alpha value is -2.14. The van der Waals surface area contributed by atoms with Gasteiger partial charge in [-0.1, -0.05) is 23.8 Å². The highest BCUT2D eigenvalue weighted by molar-refractivity contribution is 7.80. The van der Waals surface area contributed by atoms with E-state index in [1.165, 1.54) is 0 Å². The minimum absolute atomic E-state index is 0.0870. The predicted octanol–water partition coefficient (Wildman–Crippen LogP) is 1.99. The Morgan fingerprint density at radius 2 is 2.05 bits per heavy atom. The van der Waals surface area contributed by atoms with Crippen LogP contribution in [0.4, 0.5) is 0 Å². The molecule has 0 saturated heterocycles. The van der Waals surface area contributed by atoms with Crippen molar-refractivity contribution in [1.82, 2.24) is 4.98 Å². The maximum atomic E-state index is 11.9. The Balaban J connectivity index is 2.60. The quantitative estimate of drug-likeness (QED) is 0.840. The van der Waals surface area contributed by atoms with Crippen LogP contribution in [0.3, 0.4) is 0 Å². The number of benzene rings is 1. The molecule has 1 aromatic heterocycles. The molecule has 0 unspecified atom stereocenters. The van der Waals surface area contributed by atoms with E-state index in [0.717, 1.165) is 11.1 Å². The number of pyridine rings is 1. The molecule has 0 radical (unpaired) electrons. The van der Waals surface area contributed by atoms with Crippen molar-refractivity contribution in [3.05, 3.63) is 51.8 Å². The molecule has 0 atom stereocenters. The molecule has 5 heteroatoms. The fourth-order valence-electron chi connectivity index (χ4n) is 1.86. The summed E-state index contributed by atoms with van der Waals surface area (Å²) in [6, 6.07) is 9.16. The molecule has 1 heterocycles. The lowest BCUT2D eigenvalue weighted by molar-refractivity contribution is 0.416. The van der Waals surface area contributed by atoms with Crippen molar-refractivity contribution < 1.29 is 4.74 Å². The molecule has 0 aliphatic rings. The van der Waals surface area contributed by atoms with Crippen LogP contribution in [0.2, 0.25) is 0 Å². The van der Waals surface area contributed by atoms with Gasteiger partial charge in [0.15, 0.2) is 0 Å². The van der Waals surface area contributed by atoms with Crippen LogP contribution < -0.4 is 16.0 Å². The summed E-state index contributed by atoms with van der Waals surface area (Å²) < 4.78 is 5.30. The molecular weight excluding hydrogens is 260 g/mol. The SMILES string of the molecule is COc1ccc(C)cc1-c1ccc(C(N)=S)c(=O)[nH]1. The van der Waals surface area contributed by atoms with Crippen LogP contribution in [0.1, 0.15) is 11.1 Å². The van der Waals surface area contributed by atoms with Crippen molar-refractivity contribution in [2.75, 3.05) is 7.11 Å². The van der Waals surface area contributed by atoms with E-state index in [1.807, 2.05) is 25.1 Å². The zero-order chi connectivity index (χ0) is 14.0. The Labute approximate surface area is 116 Å². The molecule has 0 amide bonds. The van der Waals surface area contributed by atoms with Crippen molar-refractivity contribution in [2.24, 2.45) is 5.73 Å². The van der Waals surface area contributed by atoms with E-state index in [0.29, 0.717) is 17.0 Å². The Kier molecular flexibility index (Phi) is 3.66. The monoisotopic (exact) mass is 274 g/mol. The van der Waals surface area contributed by atoms with E-state index in [9.17, 15) is 4.79 Å². The minimum Gasteiger partial charge on any atom is -0.496 e. The van der Waals surface area contributed by atoms with Crippen molar-refractivity contribution >= 4 is 17.2 Å². The molecule has 0 spiro atoms. The number of hydrogen-bond donors (Lipinski definition) is 2. The molecular formula is C14H14N2O2S. The van der Waals surface area contributed by atoms with E-state index in [-0.39, 0.29) is 10.5 Å². The van der Waals surface area contributed by atoms with Gasteiger partial charge in [-0.2, -0.15) is 0 Å². The van der Waals surface area contributed by atoms with Gasteiger partial charge in [0.1, 0.15) is 10.7 Å². The van der Waals surface area contributed by atoms with Crippen LogP contribution in [0.25, 0.3) is 11.3 Å². The number of methoxy groups -OCH3 is 1. The van der Waals surface area contributed by atoms with Crippen LogP contribution in [-0.2, 0) is 0 Å². The van der Waals surface area contributed by atoms with Gasteiger partial charge in [0, 0.05) is 5.56 Å². The van der Waals surface area contributed by atoms with E-state index in [2.05, 4.69) is 4.98 Å². The average molecular weight is 274 g/mol. The van der Waals surface area contributed by atoms with Gasteiger partial charge in [0.05, 0.1) is 18.4 Å². The fraction of sp³-hybridized carbons (Fsp3) is 0.143. The summed E-state index contributed by atoms with van der Waals surface area (Å²) in [5, 5.41) is 0. The Bertz CT molecular complexity index is 692. The fourth-order valence-corrected chi connectivity index (χ4v) is 2.02. The first-order valence-electron chi connectivity index (χ1n) is 5.71.